The van der Waals surface area contributed by atoms with Crippen molar-refractivity contribution >= 4 is 0 Å². The Labute approximate surface area is 84.3 Å². The van der Waals surface area contributed by atoms with Crippen LogP contribution in [-0.2, 0) is 0 Å². The Morgan fingerprint density at radius 3 is 2.08 bits per heavy atom. The highest BCUT2D eigenvalue weighted by molar-refractivity contribution is 4.70. The summed E-state index contributed by atoms with van der Waals surface area (Å²) < 4.78 is 0. The Hall–Kier alpha value is -0.0400. The summed E-state index contributed by atoms with van der Waals surface area (Å²) in [6, 6.07) is 0.669. The lowest BCUT2D eigenvalue weighted by molar-refractivity contribution is 0.280. The zero-order valence-corrected chi connectivity index (χ0v) is 10.3. The van der Waals surface area contributed by atoms with Crippen LogP contribution in [0.4, 0.5) is 0 Å². The van der Waals surface area contributed by atoms with Gasteiger partial charge in [-0.25, -0.2) is 0 Å². The van der Waals surface area contributed by atoms with Crippen LogP contribution in [0.15, 0.2) is 0 Å². The third kappa shape index (κ3) is 8.29. The van der Waals surface area contributed by atoms with Crippen LogP contribution in [0.25, 0.3) is 0 Å². The Morgan fingerprint density at radius 2 is 1.69 bits per heavy atom. The third-order valence-electron chi connectivity index (χ3n) is 2.27. The smallest absolute Gasteiger partial charge is 0.00411 e. The second-order valence-corrected chi connectivity index (χ2v) is 5.56. The predicted molar refractivity (Wildman–Crippen MR) is 61.0 cm³/mol. The van der Waals surface area contributed by atoms with Crippen molar-refractivity contribution in [1.29, 1.82) is 0 Å². The molecule has 0 saturated carbocycles. The van der Waals surface area contributed by atoms with Gasteiger partial charge in [-0.3, -0.25) is 0 Å². The first-order valence-corrected chi connectivity index (χ1v) is 5.58. The van der Waals surface area contributed by atoms with Crippen molar-refractivity contribution in [1.82, 2.24) is 5.32 Å². The summed E-state index contributed by atoms with van der Waals surface area (Å²) in [5, 5.41) is 3.46. The van der Waals surface area contributed by atoms with Gasteiger partial charge < -0.3 is 5.32 Å². The summed E-state index contributed by atoms with van der Waals surface area (Å²) >= 11 is 0. The van der Waals surface area contributed by atoms with Crippen LogP contribution in [0.3, 0.4) is 0 Å². The number of hydrogen-bond donors (Lipinski definition) is 1. The van der Waals surface area contributed by atoms with Gasteiger partial charge in [0.25, 0.3) is 0 Å². The van der Waals surface area contributed by atoms with Crippen LogP contribution in [0.5, 0.6) is 0 Å². The highest BCUT2D eigenvalue weighted by Crippen LogP contribution is 2.26. The number of hydrogen-bond acceptors (Lipinski definition) is 1. The molecule has 0 fully saturated rings. The van der Waals surface area contributed by atoms with Crippen molar-refractivity contribution in [2.45, 2.75) is 60.4 Å². The predicted octanol–water partition coefficient (Wildman–Crippen LogP) is 3.45. The maximum atomic E-state index is 3.46. The van der Waals surface area contributed by atoms with Crippen LogP contribution >= 0.6 is 0 Å². The summed E-state index contributed by atoms with van der Waals surface area (Å²) in [5.41, 5.74) is 0.478. The second kappa shape index (κ2) is 5.64. The molecule has 0 rings (SSSR count). The molecule has 0 saturated heterocycles. The molecule has 0 aromatic rings. The van der Waals surface area contributed by atoms with Crippen molar-refractivity contribution < 1.29 is 0 Å². The maximum Gasteiger partial charge on any atom is 0.00411 e. The van der Waals surface area contributed by atoms with E-state index in [1.165, 1.54) is 12.8 Å². The summed E-state index contributed by atoms with van der Waals surface area (Å²) in [7, 11) is 0. The number of nitrogens with one attached hydrogen (secondary N) is 1. The van der Waals surface area contributed by atoms with Gasteiger partial charge in [0.15, 0.2) is 0 Å². The highest BCUT2D eigenvalue weighted by Gasteiger charge is 2.16. The molecule has 2 atom stereocenters. The van der Waals surface area contributed by atoms with E-state index in [2.05, 4.69) is 46.9 Å². The Morgan fingerprint density at radius 1 is 1.15 bits per heavy atom. The minimum atomic E-state index is 0.478. The Bertz CT molecular complexity index is 124. The van der Waals surface area contributed by atoms with Crippen LogP contribution in [0, 0.1) is 11.3 Å². The highest BCUT2D eigenvalue weighted by atomic mass is 14.9. The fraction of sp³-hybridized carbons (Fsp3) is 1.00. The molecule has 0 aliphatic rings. The molecule has 0 aliphatic heterocycles. The van der Waals surface area contributed by atoms with E-state index in [0.717, 1.165) is 12.5 Å². The molecule has 0 amide bonds. The van der Waals surface area contributed by atoms with Crippen LogP contribution in [0.1, 0.15) is 54.4 Å². The molecule has 0 aliphatic carbocycles. The zero-order valence-electron chi connectivity index (χ0n) is 10.3. The van der Waals surface area contributed by atoms with Gasteiger partial charge in [-0.1, -0.05) is 34.6 Å². The Balaban J connectivity index is 3.67. The molecule has 0 heterocycles. The molecule has 0 aromatic heterocycles. The molecule has 13 heavy (non-hydrogen) atoms. The topological polar surface area (TPSA) is 12.0 Å². The summed E-state index contributed by atoms with van der Waals surface area (Å²) in [5.74, 6) is 0.828. The molecular formula is C12H27N. The van der Waals surface area contributed by atoms with Crippen molar-refractivity contribution in [3.8, 4) is 0 Å². The van der Waals surface area contributed by atoms with Crippen molar-refractivity contribution in [3.63, 3.8) is 0 Å². The molecule has 0 spiro atoms. The quantitative estimate of drug-likeness (QED) is 0.692. The van der Waals surface area contributed by atoms with E-state index >= 15 is 0 Å². The SMILES string of the molecule is CCNC(C)CC(C)CC(C)(C)C. The Kier molecular flexibility index (Phi) is 5.62. The van der Waals surface area contributed by atoms with Crippen LogP contribution in [-0.4, -0.2) is 12.6 Å². The van der Waals surface area contributed by atoms with Gasteiger partial charge in [0.2, 0.25) is 0 Å². The molecule has 80 valence electrons. The molecule has 0 radical (unpaired) electrons. The lowest BCUT2D eigenvalue weighted by atomic mass is 9.83. The average molecular weight is 185 g/mol. The minimum absolute atomic E-state index is 0.478. The lowest BCUT2D eigenvalue weighted by Crippen LogP contribution is -2.28. The van der Waals surface area contributed by atoms with E-state index in [-0.39, 0.29) is 0 Å². The molecule has 2 unspecified atom stereocenters. The standard InChI is InChI=1S/C12H27N/c1-7-13-11(3)8-10(2)9-12(4,5)6/h10-11,13H,7-9H2,1-6H3. The fourth-order valence-corrected chi connectivity index (χ4v) is 2.16. The van der Waals surface area contributed by atoms with Gasteiger partial charge >= 0.3 is 0 Å². The minimum Gasteiger partial charge on any atom is -0.315 e. The van der Waals surface area contributed by atoms with Gasteiger partial charge in [-0.05, 0) is 37.6 Å². The van der Waals surface area contributed by atoms with Crippen molar-refractivity contribution in [3.05, 3.63) is 0 Å². The zero-order chi connectivity index (χ0) is 10.5. The molecule has 1 N–H and O–H groups in total. The number of rotatable bonds is 5. The van der Waals surface area contributed by atoms with E-state index < -0.39 is 0 Å². The van der Waals surface area contributed by atoms with E-state index in [0.29, 0.717) is 11.5 Å². The van der Waals surface area contributed by atoms with E-state index in [9.17, 15) is 0 Å². The van der Waals surface area contributed by atoms with E-state index in [4.69, 9.17) is 0 Å². The van der Waals surface area contributed by atoms with Gasteiger partial charge in [-0.2, -0.15) is 0 Å². The van der Waals surface area contributed by atoms with Crippen molar-refractivity contribution in [2.24, 2.45) is 11.3 Å². The monoisotopic (exact) mass is 185 g/mol. The van der Waals surface area contributed by atoms with E-state index in [1.54, 1.807) is 0 Å². The first kappa shape index (κ1) is 13.0. The summed E-state index contributed by atoms with van der Waals surface area (Å²) in [6.45, 7) is 14.9. The second-order valence-electron chi connectivity index (χ2n) is 5.56. The maximum absolute atomic E-state index is 3.46. The van der Waals surface area contributed by atoms with E-state index in [1.807, 2.05) is 0 Å². The lowest BCUT2D eigenvalue weighted by Gasteiger charge is -2.25. The molecule has 0 aromatic carbocycles. The fourth-order valence-electron chi connectivity index (χ4n) is 2.16. The molecule has 1 heteroatoms. The largest absolute Gasteiger partial charge is 0.315 e. The van der Waals surface area contributed by atoms with Crippen LogP contribution < -0.4 is 5.32 Å². The van der Waals surface area contributed by atoms with Gasteiger partial charge in [0, 0.05) is 6.04 Å². The first-order chi connectivity index (χ1) is 5.85. The summed E-state index contributed by atoms with van der Waals surface area (Å²) in [6.07, 6.45) is 2.62. The molecular weight excluding hydrogens is 158 g/mol. The van der Waals surface area contributed by atoms with Gasteiger partial charge in [0.1, 0.15) is 0 Å². The average Bonchev–Trinajstić information content (AvgIpc) is 1.81. The van der Waals surface area contributed by atoms with Gasteiger partial charge in [0.05, 0.1) is 0 Å². The normalized spacial score (nSPS) is 17.1. The van der Waals surface area contributed by atoms with Crippen LogP contribution in [0.2, 0.25) is 0 Å². The summed E-state index contributed by atoms with van der Waals surface area (Å²) in [4.78, 5) is 0. The van der Waals surface area contributed by atoms with Gasteiger partial charge in [-0.15, -0.1) is 0 Å². The molecule has 0 bridgehead atoms. The van der Waals surface area contributed by atoms with Crippen molar-refractivity contribution in [2.75, 3.05) is 6.54 Å². The third-order valence-corrected chi connectivity index (χ3v) is 2.27. The molecule has 1 nitrogen and oxygen atoms in total. The first-order valence-electron chi connectivity index (χ1n) is 5.58.